The quantitative estimate of drug-likeness (QED) is 0.838. The van der Waals surface area contributed by atoms with E-state index in [0.717, 1.165) is 0 Å². The fourth-order valence-corrected chi connectivity index (χ4v) is 4.44. The molecule has 1 atom stereocenters. The van der Waals surface area contributed by atoms with Gasteiger partial charge in [-0.05, 0) is 25.5 Å². The lowest BCUT2D eigenvalue weighted by molar-refractivity contribution is 0.215. The second-order valence-electron chi connectivity index (χ2n) is 5.33. The molecule has 3 heterocycles. The number of ether oxygens (including phenoxy) is 1. The molecule has 1 saturated heterocycles. The first kappa shape index (κ1) is 15.0. The number of hydrogen-bond donors (Lipinski definition) is 0. The van der Waals surface area contributed by atoms with Gasteiger partial charge < -0.3 is 4.74 Å². The van der Waals surface area contributed by atoms with Crippen LogP contribution in [0.2, 0.25) is 0 Å². The van der Waals surface area contributed by atoms with Crippen LogP contribution in [0.3, 0.4) is 0 Å². The van der Waals surface area contributed by atoms with Gasteiger partial charge in [0.2, 0.25) is 0 Å². The van der Waals surface area contributed by atoms with Crippen molar-refractivity contribution >= 4 is 10.0 Å². The van der Waals surface area contributed by atoms with Gasteiger partial charge in [-0.1, -0.05) is 0 Å². The van der Waals surface area contributed by atoms with E-state index in [4.69, 9.17) is 4.74 Å². The van der Waals surface area contributed by atoms with Crippen LogP contribution in [0.1, 0.15) is 12.0 Å². The molecule has 0 unspecified atom stereocenters. The van der Waals surface area contributed by atoms with Gasteiger partial charge >= 0.3 is 0 Å². The summed E-state index contributed by atoms with van der Waals surface area (Å²) in [6.07, 6.45) is 5.38. The van der Waals surface area contributed by atoms with E-state index in [1.54, 1.807) is 44.7 Å². The average Bonchev–Trinajstić information content (AvgIpc) is 3.08. The number of hydrogen-bond acceptors (Lipinski definition) is 5. The summed E-state index contributed by atoms with van der Waals surface area (Å²) in [5, 5.41) is 4.26. The van der Waals surface area contributed by atoms with Crippen molar-refractivity contribution in [2.45, 2.75) is 24.5 Å². The summed E-state index contributed by atoms with van der Waals surface area (Å²) >= 11 is 0. The number of aromatic nitrogens is 3. The van der Waals surface area contributed by atoms with E-state index in [2.05, 4.69) is 10.1 Å². The van der Waals surface area contributed by atoms with Gasteiger partial charge in [-0.3, -0.25) is 9.67 Å². The highest BCUT2D eigenvalue weighted by Crippen LogP contribution is 2.25. The predicted molar refractivity (Wildman–Crippen MR) is 80.0 cm³/mol. The molecule has 0 radical (unpaired) electrons. The first-order valence-corrected chi connectivity index (χ1v) is 8.48. The van der Waals surface area contributed by atoms with E-state index in [0.29, 0.717) is 30.8 Å². The van der Waals surface area contributed by atoms with E-state index >= 15 is 0 Å². The molecule has 1 aliphatic heterocycles. The normalized spacial score (nSPS) is 19.5. The fraction of sp³-hybridized carbons (Fsp3) is 0.429. The smallest absolute Gasteiger partial charge is 0.260 e. The Morgan fingerprint density at radius 2 is 2.05 bits per heavy atom. The summed E-state index contributed by atoms with van der Waals surface area (Å²) in [6.45, 7) is 2.54. The topological polar surface area (TPSA) is 77.3 Å². The summed E-state index contributed by atoms with van der Waals surface area (Å²) in [4.78, 5) is 3.93. The van der Waals surface area contributed by atoms with Crippen molar-refractivity contribution in [2.75, 3.05) is 13.1 Å². The van der Waals surface area contributed by atoms with Gasteiger partial charge in [0.1, 0.15) is 11.9 Å². The van der Waals surface area contributed by atoms with E-state index in [-0.39, 0.29) is 11.1 Å². The minimum absolute atomic E-state index is 0.147. The lowest BCUT2D eigenvalue weighted by Gasteiger charge is -2.17. The predicted octanol–water partition coefficient (Wildman–Crippen LogP) is 0.966. The number of sulfonamides is 1. The van der Waals surface area contributed by atoms with E-state index in [1.807, 2.05) is 0 Å². The minimum atomic E-state index is -3.54. The monoisotopic (exact) mass is 322 g/mol. The van der Waals surface area contributed by atoms with Crippen LogP contribution in [-0.2, 0) is 17.1 Å². The van der Waals surface area contributed by atoms with Gasteiger partial charge in [0.25, 0.3) is 10.0 Å². The maximum Gasteiger partial charge on any atom is 0.260 e. The zero-order chi connectivity index (χ0) is 15.7. The van der Waals surface area contributed by atoms with Gasteiger partial charge in [0.05, 0.1) is 12.7 Å². The molecular formula is C14H18N4O3S. The van der Waals surface area contributed by atoms with Crippen molar-refractivity contribution in [3.8, 4) is 5.75 Å². The largest absolute Gasteiger partial charge is 0.489 e. The maximum absolute atomic E-state index is 12.7. The molecule has 1 aliphatic rings. The maximum atomic E-state index is 12.7. The van der Waals surface area contributed by atoms with Crippen LogP contribution in [0.25, 0.3) is 0 Å². The van der Waals surface area contributed by atoms with Gasteiger partial charge in [0, 0.05) is 31.5 Å². The van der Waals surface area contributed by atoms with Crippen molar-refractivity contribution in [1.82, 2.24) is 19.1 Å². The van der Waals surface area contributed by atoms with Gasteiger partial charge in [0.15, 0.2) is 5.03 Å². The SMILES string of the molecule is Cc1cnn(C)c1S(=O)(=O)N1CC[C@@H](Oc2ccncc2)C1. The fourth-order valence-electron chi connectivity index (χ4n) is 2.65. The van der Waals surface area contributed by atoms with Crippen LogP contribution in [0.4, 0.5) is 0 Å². The molecule has 22 heavy (non-hydrogen) atoms. The van der Waals surface area contributed by atoms with Crippen LogP contribution in [0, 0.1) is 6.92 Å². The second-order valence-corrected chi connectivity index (χ2v) is 7.18. The molecule has 0 bridgehead atoms. The molecule has 0 saturated carbocycles. The van der Waals surface area contributed by atoms with E-state index in [1.165, 1.54) is 8.99 Å². The molecule has 118 valence electrons. The standard InChI is InChI=1S/C14H18N4O3S/c1-11-9-16-17(2)14(11)22(19,20)18-8-5-13(10-18)21-12-3-6-15-7-4-12/h3-4,6-7,9,13H,5,8,10H2,1-2H3/t13-/m1/s1. The summed E-state index contributed by atoms with van der Waals surface area (Å²) in [5.41, 5.74) is 0.654. The zero-order valence-corrected chi connectivity index (χ0v) is 13.3. The molecule has 2 aromatic heterocycles. The third kappa shape index (κ3) is 2.71. The van der Waals surface area contributed by atoms with Crippen molar-refractivity contribution in [1.29, 1.82) is 0 Å². The second kappa shape index (κ2) is 5.69. The van der Waals surface area contributed by atoms with Crippen molar-refractivity contribution in [3.63, 3.8) is 0 Å². The molecule has 2 aromatic rings. The highest BCUT2D eigenvalue weighted by molar-refractivity contribution is 7.89. The Balaban J connectivity index is 1.75. The number of pyridine rings is 1. The summed E-state index contributed by atoms with van der Waals surface area (Å²) in [7, 11) is -1.90. The van der Waals surface area contributed by atoms with Crippen LogP contribution in [0.15, 0.2) is 35.7 Å². The zero-order valence-electron chi connectivity index (χ0n) is 12.5. The van der Waals surface area contributed by atoms with Gasteiger partial charge in [-0.25, -0.2) is 8.42 Å². The van der Waals surface area contributed by atoms with E-state index in [9.17, 15) is 8.42 Å². The molecule has 0 spiro atoms. The molecule has 0 aliphatic carbocycles. The molecule has 1 fully saturated rings. The molecule has 7 nitrogen and oxygen atoms in total. The third-order valence-corrected chi connectivity index (χ3v) is 5.79. The Bertz CT molecular complexity index is 738. The number of nitrogens with zero attached hydrogens (tertiary/aromatic N) is 4. The minimum Gasteiger partial charge on any atom is -0.489 e. The average molecular weight is 322 g/mol. The Labute approximate surface area is 129 Å². The molecular weight excluding hydrogens is 304 g/mol. The Kier molecular flexibility index (Phi) is 3.88. The summed E-state index contributed by atoms with van der Waals surface area (Å²) < 4.78 is 34.1. The number of aryl methyl sites for hydroxylation is 2. The van der Waals surface area contributed by atoms with Crippen LogP contribution < -0.4 is 4.74 Å². The van der Waals surface area contributed by atoms with E-state index < -0.39 is 10.0 Å². The van der Waals surface area contributed by atoms with Crippen LogP contribution in [0.5, 0.6) is 5.75 Å². The van der Waals surface area contributed by atoms with Crippen LogP contribution >= 0.6 is 0 Å². The lowest BCUT2D eigenvalue weighted by Crippen LogP contribution is -2.32. The molecule has 0 amide bonds. The van der Waals surface area contributed by atoms with Crippen molar-refractivity contribution in [3.05, 3.63) is 36.3 Å². The van der Waals surface area contributed by atoms with Crippen LogP contribution in [-0.4, -0.2) is 46.7 Å². The first-order valence-electron chi connectivity index (χ1n) is 7.04. The summed E-state index contributed by atoms with van der Waals surface area (Å²) in [5.74, 6) is 0.705. The first-order chi connectivity index (χ1) is 10.5. The summed E-state index contributed by atoms with van der Waals surface area (Å²) in [6, 6.07) is 3.53. The third-order valence-electron chi connectivity index (χ3n) is 3.70. The molecule has 0 aromatic carbocycles. The number of rotatable bonds is 4. The molecule has 8 heteroatoms. The lowest BCUT2D eigenvalue weighted by atomic mass is 10.3. The highest BCUT2D eigenvalue weighted by atomic mass is 32.2. The van der Waals surface area contributed by atoms with Gasteiger partial charge in [-0.15, -0.1) is 0 Å². The van der Waals surface area contributed by atoms with Gasteiger partial charge in [-0.2, -0.15) is 9.40 Å². The molecule has 3 rings (SSSR count). The Hall–Kier alpha value is -1.93. The highest BCUT2D eigenvalue weighted by Gasteiger charge is 2.36. The Morgan fingerprint density at radius 1 is 1.32 bits per heavy atom. The molecule has 0 N–H and O–H groups in total. The van der Waals surface area contributed by atoms with Crippen molar-refractivity contribution in [2.24, 2.45) is 7.05 Å². The van der Waals surface area contributed by atoms with Crippen molar-refractivity contribution < 1.29 is 13.2 Å². The Morgan fingerprint density at radius 3 is 2.68 bits per heavy atom.